The number of nitrogen functional groups attached to an aromatic ring is 1. The fraction of sp³-hybridized carbons (Fsp3) is 0.133. The summed E-state index contributed by atoms with van der Waals surface area (Å²) >= 11 is 0. The Bertz CT molecular complexity index is 630. The van der Waals surface area contributed by atoms with Crippen LogP contribution in [0.5, 0.6) is 5.75 Å². The molecule has 0 saturated carbocycles. The number of carbonyl (C=O) groups is 1. The lowest BCUT2D eigenvalue weighted by atomic mass is 10.3. The summed E-state index contributed by atoms with van der Waals surface area (Å²) in [6.07, 6.45) is 0.0429. The molecule has 1 amide bonds. The van der Waals surface area contributed by atoms with Crippen molar-refractivity contribution in [2.24, 2.45) is 0 Å². The Morgan fingerprint density at radius 2 is 1.86 bits per heavy atom. The Morgan fingerprint density at radius 3 is 2.52 bits per heavy atom. The lowest BCUT2D eigenvalue weighted by Gasteiger charge is -2.08. The minimum Gasteiger partial charge on any atom is -0.490 e. The highest BCUT2D eigenvalue weighted by molar-refractivity contribution is 5.90. The highest BCUT2D eigenvalue weighted by atomic mass is 19.1. The summed E-state index contributed by atoms with van der Waals surface area (Å²) in [6.45, 7) is -0.0106. The van der Waals surface area contributed by atoms with Gasteiger partial charge in [-0.1, -0.05) is 0 Å². The predicted molar refractivity (Wildman–Crippen MR) is 76.0 cm³/mol. The van der Waals surface area contributed by atoms with E-state index in [0.29, 0.717) is 11.4 Å². The van der Waals surface area contributed by atoms with Gasteiger partial charge in [-0.05, 0) is 36.4 Å². The van der Waals surface area contributed by atoms with Crippen LogP contribution in [0.25, 0.3) is 0 Å². The molecule has 2 rings (SSSR count). The molecule has 0 aliphatic heterocycles. The van der Waals surface area contributed by atoms with Gasteiger partial charge in [0.05, 0.1) is 13.0 Å². The molecule has 3 N–H and O–H groups in total. The van der Waals surface area contributed by atoms with E-state index >= 15 is 0 Å². The molecule has 0 aliphatic rings. The van der Waals surface area contributed by atoms with Crippen LogP contribution in [0.3, 0.4) is 0 Å². The molecule has 0 bridgehead atoms. The quantitative estimate of drug-likeness (QED) is 0.833. The molecule has 0 spiro atoms. The monoisotopic (exact) mass is 292 g/mol. The molecule has 21 heavy (non-hydrogen) atoms. The summed E-state index contributed by atoms with van der Waals surface area (Å²) in [6, 6.07) is 9.68. The van der Waals surface area contributed by atoms with E-state index in [1.165, 1.54) is 6.07 Å². The van der Waals surface area contributed by atoms with Crippen molar-refractivity contribution in [1.29, 1.82) is 0 Å². The van der Waals surface area contributed by atoms with Gasteiger partial charge in [0.1, 0.15) is 5.82 Å². The first kappa shape index (κ1) is 14.8. The van der Waals surface area contributed by atoms with Crippen molar-refractivity contribution >= 4 is 17.3 Å². The number of carbonyl (C=O) groups excluding carboxylic acids is 1. The molecule has 4 nitrogen and oxygen atoms in total. The fourth-order valence-electron chi connectivity index (χ4n) is 1.64. The average molecular weight is 292 g/mol. The second-order valence-electron chi connectivity index (χ2n) is 4.34. The Kier molecular flexibility index (Phi) is 4.71. The average Bonchev–Trinajstić information content (AvgIpc) is 2.44. The molecule has 0 heterocycles. The molecule has 2 aromatic carbocycles. The van der Waals surface area contributed by atoms with Gasteiger partial charge in [0, 0.05) is 17.4 Å². The van der Waals surface area contributed by atoms with Crippen molar-refractivity contribution in [3.8, 4) is 5.75 Å². The minimum atomic E-state index is -0.797. The second kappa shape index (κ2) is 6.69. The van der Waals surface area contributed by atoms with E-state index in [1.807, 2.05) is 0 Å². The van der Waals surface area contributed by atoms with E-state index in [9.17, 15) is 13.6 Å². The molecule has 0 atom stereocenters. The van der Waals surface area contributed by atoms with Gasteiger partial charge in [0.2, 0.25) is 5.91 Å². The van der Waals surface area contributed by atoms with Crippen LogP contribution in [0.4, 0.5) is 20.2 Å². The van der Waals surface area contributed by atoms with E-state index in [1.54, 1.807) is 24.3 Å². The molecule has 2 aromatic rings. The molecule has 0 saturated heterocycles. The summed E-state index contributed by atoms with van der Waals surface area (Å²) in [7, 11) is 0. The van der Waals surface area contributed by atoms with Crippen molar-refractivity contribution in [3.63, 3.8) is 0 Å². The normalized spacial score (nSPS) is 10.2. The van der Waals surface area contributed by atoms with E-state index in [2.05, 4.69) is 5.32 Å². The molecule has 110 valence electrons. The van der Waals surface area contributed by atoms with Gasteiger partial charge in [-0.25, -0.2) is 8.78 Å². The SMILES string of the molecule is Nc1ccc(NC(=O)CCOc2ccc(F)cc2F)cc1. The smallest absolute Gasteiger partial charge is 0.227 e. The Balaban J connectivity index is 1.80. The standard InChI is InChI=1S/C15H14F2N2O2/c16-10-1-6-14(13(17)9-10)21-8-7-15(20)19-12-4-2-11(18)3-5-12/h1-6,9H,7-8,18H2,(H,19,20). The number of amides is 1. The summed E-state index contributed by atoms with van der Waals surface area (Å²) < 4.78 is 31.1. The second-order valence-corrected chi connectivity index (χ2v) is 4.34. The molecule has 0 aliphatic carbocycles. The van der Waals surface area contributed by atoms with Crippen LogP contribution in [-0.2, 0) is 4.79 Å². The van der Waals surface area contributed by atoms with Crippen LogP contribution < -0.4 is 15.8 Å². The number of nitrogens with one attached hydrogen (secondary N) is 1. The van der Waals surface area contributed by atoms with Gasteiger partial charge in [-0.2, -0.15) is 0 Å². The van der Waals surface area contributed by atoms with Crippen LogP contribution in [0, 0.1) is 11.6 Å². The molecular formula is C15H14F2N2O2. The van der Waals surface area contributed by atoms with Crippen molar-refractivity contribution in [3.05, 3.63) is 54.1 Å². The number of anilines is 2. The first-order chi connectivity index (χ1) is 10.0. The minimum absolute atomic E-state index is 0.0106. The first-order valence-electron chi connectivity index (χ1n) is 6.28. The number of rotatable bonds is 5. The third-order valence-electron chi connectivity index (χ3n) is 2.68. The van der Waals surface area contributed by atoms with Gasteiger partial charge in [0.15, 0.2) is 11.6 Å². The lowest BCUT2D eigenvalue weighted by molar-refractivity contribution is -0.116. The molecule has 0 radical (unpaired) electrons. The predicted octanol–water partition coefficient (Wildman–Crippen LogP) is 2.95. The zero-order valence-corrected chi connectivity index (χ0v) is 11.1. The van der Waals surface area contributed by atoms with Crippen LogP contribution >= 0.6 is 0 Å². The van der Waals surface area contributed by atoms with Crippen molar-refractivity contribution in [1.82, 2.24) is 0 Å². The number of hydrogen-bond donors (Lipinski definition) is 2. The molecule has 0 unspecified atom stereocenters. The van der Waals surface area contributed by atoms with Crippen LogP contribution in [0.1, 0.15) is 6.42 Å². The van der Waals surface area contributed by atoms with E-state index in [-0.39, 0.29) is 24.7 Å². The Morgan fingerprint density at radius 1 is 1.14 bits per heavy atom. The van der Waals surface area contributed by atoms with Gasteiger partial charge >= 0.3 is 0 Å². The number of hydrogen-bond acceptors (Lipinski definition) is 3. The number of ether oxygens (including phenoxy) is 1. The van der Waals surface area contributed by atoms with Crippen LogP contribution in [0.15, 0.2) is 42.5 Å². The van der Waals surface area contributed by atoms with Crippen LogP contribution in [-0.4, -0.2) is 12.5 Å². The maximum absolute atomic E-state index is 13.3. The highest BCUT2D eigenvalue weighted by Crippen LogP contribution is 2.17. The third-order valence-corrected chi connectivity index (χ3v) is 2.68. The summed E-state index contributed by atoms with van der Waals surface area (Å²) in [5, 5.41) is 2.65. The lowest BCUT2D eigenvalue weighted by Crippen LogP contribution is -2.15. The topological polar surface area (TPSA) is 64.3 Å². The van der Waals surface area contributed by atoms with Crippen LogP contribution in [0.2, 0.25) is 0 Å². The number of halogens is 2. The largest absolute Gasteiger partial charge is 0.490 e. The highest BCUT2D eigenvalue weighted by Gasteiger charge is 2.07. The van der Waals surface area contributed by atoms with E-state index in [4.69, 9.17) is 10.5 Å². The van der Waals surface area contributed by atoms with Crippen molar-refractivity contribution in [2.75, 3.05) is 17.7 Å². The zero-order chi connectivity index (χ0) is 15.2. The zero-order valence-electron chi connectivity index (χ0n) is 11.1. The molecule has 6 heteroatoms. The van der Waals surface area contributed by atoms with Crippen molar-refractivity contribution < 1.29 is 18.3 Å². The molecular weight excluding hydrogens is 278 g/mol. The van der Waals surface area contributed by atoms with Crippen molar-refractivity contribution in [2.45, 2.75) is 6.42 Å². The summed E-state index contributed by atoms with van der Waals surface area (Å²) in [5.41, 5.74) is 6.75. The van der Waals surface area contributed by atoms with Gasteiger partial charge < -0.3 is 15.8 Å². The Labute approximate surface area is 120 Å². The van der Waals surface area contributed by atoms with Gasteiger partial charge in [-0.15, -0.1) is 0 Å². The molecule has 0 aromatic heterocycles. The van der Waals surface area contributed by atoms with E-state index < -0.39 is 11.6 Å². The first-order valence-corrected chi connectivity index (χ1v) is 6.28. The third kappa shape index (κ3) is 4.45. The Hall–Kier alpha value is -2.63. The summed E-state index contributed by atoms with van der Waals surface area (Å²) in [4.78, 5) is 11.7. The molecule has 0 fully saturated rings. The number of nitrogens with two attached hydrogens (primary N) is 1. The van der Waals surface area contributed by atoms with E-state index in [0.717, 1.165) is 12.1 Å². The summed E-state index contributed by atoms with van der Waals surface area (Å²) in [5.74, 6) is -1.84. The maximum Gasteiger partial charge on any atom is 0.227 e. The maximum atomic E-state index is 13.3. The number of benzene rings is 2. The fourth-order valence-corrected chi connectivity index (χ4v) is 1.64. The van der Waals surface area contributed by atoms with Gasteiger partial charge in [0.25, 0.3) is 0 Å². The van der Waals surface area contributed by atoms with Gasteiger partial charge in [-0.3, -0.25) is 4.79 Å².